The van der Waals surface area contributed by atoms with Crippen LogP contribution in [0.15, 0.2) is 97.3 Å². The van der Waals surface area contributed by atoms with E-state index in [1.165, 1.54) is 14.2 Å². The van der Waals surface area contributed by atoms with Gasteiger partial charge in [-0.25, -0.2) is 26.2 Å². The molecule has 5 heterocycles. The number of guanidine groups is 1. The fourth-order valence-corrected chi connectivity index (χ4v) is 9.72. The van der Waals surface area contributed by atoms with Gasteiger partial charge in [-0.1, -0.05) is 36.4 Å². The molecule has 0 fully saturated rings. The maximum Gasteiger partial charge on any atom is 0.229 e. The van der Waals surface area contributed by atoms with Crippen molar-refractivity contribution in [1.82, 2.24) is 24.8 Å². The van der Waals surface area contributed by atoms with E-state index in [4.69, 9.17) is 46.1 Å². The van der Waals surface area contributed by atoms with Crippen LogP contribution < -0.4 is 44.8 Å². The largest absolute Gasteiger partial charge is 0.493 e. The molecule has 3 aromatic heterocycles. The predicted molar refractivity (Wildman–Crippen MR) is 278 cm³/mol. The Hall–Kier alpha value is -8.49. The molecular formula is C50H53FN12O8S2. The minimum absolute atomic E-state index is 0.0436. The predicted octanol–water partition coefficient (Wildman–Crippen LogP) is 6.31. The number of pyridine rings is 2. The van der Waals surface area contributed by atoms with Crippen molar-refractivity contribution in [1.29, 1.82) is 10.7 Å². The molecule has 2 aliphatic rings. The molecule has 0 spiro atoms. The lowest BCUT2D eigenvalue weighted by atomic mass is 9.98. The highest BCUT2D eigenvalue weighted by Gasteiger charge is 2.27. The monoisotopic (exact) mass is 1030 g/mol. The summed E-state index contributed by atoms with van der Waals surface area (Å²) in [6, 6.07) is 26.6. The number of anilines is 4. The third-order valence-electron chi connectivity index (χ3n) is 11.7. The highest BCUT2D eigenvalue weighted by molar-refractivity contribution is 7.92. The van der Waals surface area contributed by atoms with E-state index in [9.17, 15) is 21.2 Å². The highest BCUT2D eigenvalue weighted by Crippen LogP contribution is 2.45. The fourth-order valence-electron chi connectivity index (χ4n) is 8.53. The van der Waals surface area contributed by atoms with Gasteiger partial charge in [-0.3, -0.25) is 24.8 Å². The summed E-state index contributed by atoms with van der Waals surface area (Å²) in [5.74, 6) is 1.68. The number of nitrogens with zero attached hydrogens (tertiary/aromatic N) is 7. The summed E-state index contributed by atoms with van der Waals surface area (Å²) in [5.41, 5.74) is 19.7. The van der Waals surface area contributed by atoms with E-state index in [2.05, 4.69) is 24.4 Å². The van der Waals surface area contributed by atoms with Crippen LogP contribution in [0, 0.1) is 22.6 Å². The van der Waals surface area contributed by atoms with Crippen molar-refractivity contribution in [3.05, 3.63) is 131 Å². The number of methoxy groups -OCH3 is 4. The maximum absolute atomic E-state index is 13.9. The number of nitrogens with one attached hydrogen (secondary N) is 3. The Kier molecular flexibility index (Phi) is 16.0. The lowest BCUT2D eigenvalue weighted by Crippen LogP contribution is -2.40. The van der Waals surface area contributed by atoms with Gasteiger partial charge in [0.25, 0.3) is 0 Å². The van der Waals surface area contributed by atoms with E-state index >= 15 is 0 Å². The molecule has 380 valence electrons. The quantitative estimate of drug-likeness (QED) is 0.0700. The summed E-state index contributed by atoms with van der Waals surface area (Å²) in [4.78, 5) is 21.9. The number of halogens is 1. The Morgan fingerprint density at radius 2 is 1.26 bits per heavy atom. The number of hydrogen-bond donors (Lipinski definition) is 5. The molecule has 9 rings (SSSR count). The molecule has 73 heavy (non-hydrogen) atoms. The molecule has 0 saturated heterocycles. The molecule has 0 amide bonds. The van der Waals surface area contributed by atoms with Crippen LogP contribution in [0.25, 0.3) is 33.4 Å². The van der Waals surface area contributed by atoms with Crippen molar-refractivity contribution in [2.24, 2.45) is 5.73 Å². The van der Waals surface area contributed by atoms with E-state index in [1.54, 1.807) is 74.0 Å². The van der Waals surface area contributed by atoms with Gasteiger partial charge in [-0.2, -0.15) is 10.2 Å². The topological polar surface area (TPSA) is 287 Å². The van der Waals surface area contributed by atoms with Crippen LogP contribution >= 0.6 is 0 Å². The first kappa shape index (κ1) is 52.3. The fraction of sp³-hybridized carbons (Fsp3) is 0.240. The van der Waals surface area contributed by atoms with Crippen LogP contribution in [0.3, 0.4) is 0 Å². The second-order valence-electron chi connectivity index (χ2n) is 16.5. The first-order valence-corrected chi connectivity index (χ1v) is 26.1. The Morgan fingerprint density at radius 3 is 1.77 bits per heavy atom. The van der Waals surface area contributed by atoms with Gasteiger partial charge in [-0.05, 0) is 71.5 Å². The molecule has 0 radical (unpaired) electrons. The average molecular weight is 1030 g/mol. The summed E-state index contributed by atoms with van der Waals surface area (Å²) in [6.45, 7) is 2.29. The molecule has 0 aliphatic carbocycles. The van der Waals surface area contributed by atoms with Crippen molar-refractivity contribution in [3.8, 4) is 51.6 Å². The van der Waals surface area contributed by atoms with Crippen molar-refractivity contribution < 1.29 is 40.2 Å². The molecule has 0 bridgehead atoms. The summed E-state index contributed by atoms with van der Waals surface area (Å²) in [6.07, 6.45) is 6.84. The summed E-state index contributed by atoms with van der Waals surface area (Å²) in [7, 11) is -0.667. The number of nitriles is 1. The SMILES string of the molecule is COc1cc(F)c(C#N)c(-c2ccccn2)c1OC.COc1cc2nc(N3CCc4c(cccc4NS(C)(=O)=O)C3)nc(N)c2c(-c2ccccn2)c1OC.CS(=O)(=O)Nc1cccc2c1CCN(C(=N)N)C2. The number of nitrogens with two attached hydrogens (primary N) is 2. The van der Waals surface area contributed by atoms with Gasteiger partial charge in [0.15, 0.2) is 29.0 Å². The Balaban J connectivity index is 0.000000177. The van der Waals surface area contributed by atoms with Gasteiger partial charge in [0.2, 0.25) is 26.0 Å². The minimum atomic E-state index is -3.38. The van der Waals surface area contributed by atoms with Crippen LogP contribution in [0.2, 0.25) is 0 Å². The first-order chi connectivity index (χ1) is 34.9. The summed E-state index contributed by atoms with van der Waals surface area (Å²) >= 11 is 0. The second kappa shape index (κ2) is 22.3. The van der Waals surface area contributed by atoms with Crippen LogP contribution in [0.1, 0.15) is 27.8 Å². The smallest absolute Gasteiger partial charge is 0.229 e. The minimum Gasteiger partial charge on any atom is -0.493 e. The first-order valence-electron chi connectivity index (χ1n) is 22.3. The molecule has 0 atom stereocenters. The van der Waals surface area contributed by atoms with Crippen LogP contribution in [-0.4, -0.2) is 102 Å². The van der Waals surface area contributed by atoms with E-state index in [1.807, 2.05) is 47.4 Å². The molecule has 4 aromatic carbocycles. The molecule has 23 heteroatoms. The standard InChI is InChI=1S/C25H26N6O4S.C14H11FN2O2.C11H16N4O2S/c1-34-20-13-19-22(21(23(20)35-2)18-8-4-5-11-27-18)24(26)29-25(28-19)31-12-10-16-15(14-31)7-6-9-17(16)30-36(3,32)33;1-18-12-7-10(15)9(8-16)13(14(12)19-2)11-5-3-4-6-17-11;1-18(16,17)14-10-4-2-3-8-7-15(11(12)13)6-5-9(8)10/h4-9,11,13,30H,10,12,14H2,1-3H3,(H2,26,28,29);3-7H,1-2H3;2-4,14H,5-7H2,1H3,(H3,12,13). The Bertz CT molecular complexity index is 3460. The van der Waals surface area contributed by atoms with Gasteiger partial charge in [-0.15, -0.1) is 0 Å². The third kappa shape index (κ3) is 12.0. The molecule has 0 unspecified atom stereocenters. The Morgan fingerprint density at radius 1 is 0.726 bits per heavy atom. The zero-order valence-corrected chi connectivity index (χ0v) is 42.4. The zero-order valence-electron chi connectivity index (χ0n) is 40.7. The van der Waals surface area contributed by atoms with Gasteiger partial charge in [0.1, 0.15) is 23.3 Å². The molecular weight excluding hydrogens is 980 g/mol. The number of ether oxygens (including phenoxy) is 4. The zero-order chi connectivity index (χ0) is 52.6. The normalized spacial score (nSPS) is 12.8. The number of benzene rings is 4. The lowest BCUT2D eigenvalue weighted by molar-refractivity contribution is 0.353. The van der Waals surface area contributed by atoms with Gasteiger partial charge < -0.3 is 40.2 Å². The average Bonchev–Trinajstić information content (AvgIpc) is 3.37. The molecule has 20 nitrogen and oxygen atoms in total. The third-order valence-corrected chi connectivity index (χ3v) is 12.8. The second-order valence-corrected chi connectivity index (χ2v) is 20.0. The van der Waals surface area contributed by atoms with E-state index in [0.29, 0.717) is 113 Å². The molecule has 2 aliphatic heterocycles. The van der Waals surface area contributed by atoms with E-state index < -0.39 is 25.9 Å². The number of fused-ring (bicyclic) bond motifs is 3. The van der Waals surface area contributed by atoms with Crippen molar-refractivity contribution >= 4 is 60.1 Å². The van der Waals surface area contributed by atoms with Crippen LogP contribution in [-0.2, 0) is 46.0 Å². The van der Waals surface area contributed by atoms with Gasteiger partial charge >= 0.3 is 0 Å². The van der Waals surface area contributed by atoms with Crippen LogP contribution in [0.5, 0.6) is 23.0 Å². The number of nitrogen functional groups attached to an aromatic ring is 1. The highest BCUT2D eigenvalue weighted by atomic mass is 32.2. The van der Waals surface area contributed by atoms with Crippen molar-refractivity contribution in [2.45, 2.75) is 25.9 Å². The number of aromatic nitrogens is 4. The number of rotatable bonds is 11. The lowest BCUT2D eigenvalue weighted by Gasteiger charge is -2.30. The number of sulfonamides is 2. The van der Waals surface area contributed by atoms with Crippen molar-refractivity contribution in [2.75, 3.05) is 74.1 Å². The maximum atomic E-state index is 13.9. The summed E-state index contributed by atoms with van der Waals surface area (Å²) < 4.78 is 86.8. The van der Waals surface area contributed by atoms with E-state index in [-0.39, 0.29) is 17.3 Å². The Labute approximate surface area is 422 Å². The molecule has 7 aromatic rings. The summed E-state index contributed by atoms with van der Waals surface area (Å²) in [5, 5.41) is 17.2. The van der Waals surface area contributed by atoms with Crippen LogP contribution in [0.4, 0.5) is 27.5 Å². The molecule has 0 saturated carbocycles. The van der Waals surface area contributed by atoms with Gasteiger partial charge in [0.05, 0.1) is 85.7 Å². The van der Waals surface area contributed by atoms with Crippen molar-refractivity contribution in [3.63, 3.8) is 0 Å². The van der Waals surface area contributed by atoms with Gasteiger partial charge in [0, 0.05) is 50.7 Å². The number of hydrogen-bond acceptors (Lipinski definition) is 16. The van der Waals surface area contributed by atoms with E-state index in [0.717, 1.165) is 40.8 Å². The molecule has 7 N–H and O–H groups in total.